The molecule has 0 aliphatic heterocycles. The molecule has 0 N–H and O–H groups in total. The third kappa shape index (κ3) is 3.67. The van der Waals surface area contributed by atoms with Crippen LogP contribution in [0.3, 0.4) is 0 Å². The number of rotatable bonds is 7. The zero-order valence-corrected chi connectivity index (χ0v) is 12.1. The molecule has 3 rings (SSSR count). The smallest absolute Gasteiger partial charge is 0.129 e. The summed E-state index contributed by atoms with van der Waals surface area (Å²) >= 11 is 0. The van der Waals surface area contributed by atoms with E-state index in [1.165, 1.54) is 24.9 Å². The average Bonchev–Trinajstić information content (AvgIpc) is 3.18. The van der Waals surface area contributed by atoms with Crippen molar-refractivity contribution in [3.05, 3.63) is 48.0 Å². The zero-order valence-electron chi connectivity index (χ0n) is 12.1. The number of aryl methyl sites for hydroxylation is 1. The standard InChI is InChI=1S/C16H22N4/c1-14-18-17-13-20(14)10-9-19(12-16-7-8-16)11-15-5-3-2-4-6-15/h2-6,13,16H,7-12H2,1H3. The molecule has 4 heteroatoms. The van der Waals surface area contributed by atoms with E-state index in [-0.39, 0.29) is 0 Å². The second kappa shape index (κ2) is 6.18. The lowest BCUT2D eigenvalue weighted by molar-refractivity contribution is 0.243. The summed E-state index contributed by atoms with van der Waals surface area (Å²) in [5.74, 6) is 1.91. The fourth-order valence-corrected chi connectivity index (χ4v) is 2.52. The van der Waals surface area contributed by atoms with Gasteiger partial charge in [0.15, 0.2) is 0 Å². The van der Waals surface area contributed by atoms with Crippen LogP contribution in [0.15, 0.2) is 36.7 Å². The Morgan fingerprint density at radius 3 is 2.70 bits per heavy atom. The van der Waals surface area contributed by atoms with E-state index in [4.69, 9.17) is 0 Å². The van der Waals surface area contributed by atoms with Gasteiger partial charge in [-0.05, 0) is 31.2 Å². The lowest BCUT2D eigenvalue weighted by atomic mass is 10.2. The van der Waals surface area contributed by atoms with Crippen LogP contribution in [0.2, 0.25) is 0 Å². The molecule has 0 radical (unpaired) electrons. The molecule has 2 aromatic rings. The van der Waals surface area contributed by atoms with Crippen LogP contribution in [-0.2, 0) is 13.1 Å². The molecular weight excluding hydrogens is 248 g/mol. The number of aromatic nitrogens is 3. The quantitative estimate of drug-likeness (QED) is 0.775. The second-order valence-electron chi connectivity index (χ2n) is 5.74. The van der Waals surface area contributed by atoms with Crippen LogP contribution in [0.1, 0.15) is 24.2 Å². The molecule has 20 heavy (non-hydrogen) atoms. The highest BCUT2D eigenvalue weighted by Gasteiger charge is 2.24. The normalized spacial score (nSPS) is 14.9. The third-order valence-corrected chi connectivity index (χ3v) is 3.93. The first-order chi connectivity index (χ1) is 9.81. The van der Waals surface area contributed by atoms with Gasteiger partial charge in [0, 0.05) is 26.2 Å². The van der Waals surface area contributed by atoms with Crippen LogP contribution < -0.4 is 0 Å². The van der Waals surface area contributed by atoms with Gasteiger partial charge in [-0.2, -0.15) is 0 Å². The molecule has 1 saturated carbocycles. The zero-order chi connectivity index (χ0) is 13.8. The summed E-state index contributed by atoms with van der Waals surface area (Å²) in [6, 6.07) is 10.7. The van der Waals surface area contributed by atoms with E-state index in [0.29, 0.717) is 0 Å². The molecular formula is C16H22N4. The van der Waals surface area contributed by atoms with Crippen LogP contribution in [-0.4, -0.2) is 32.8 Å². The molecule has 4 nitrogen and oxygen atoms in total. The van der Waals surface area contributed by atoms with Crippen molar-refractivity contribution < 1.29 is 0 Å². The molecule has 1 heterocycles. The topological polar surface area (TPSA) is 34.0 Å². The third-order valence-electron chi connectivity index (χ3n) is 3.93. The monoisotopic (exact) mass is 270 g/mol. The van der Waals surface area contributed by atoms with Crippen LogP contribution in [0.5, 0.6) is 0 Å². The molecule has 0 spiro atoms. The Bertz CT molecular complexity index is 530. The molecule has 1 aliphatic carbocycles. The molecule has 0 bridgehead atoms. The van der Waals surface area contributed by atoms with Crippen molar-refractivity contribution in [2.45, 2.75) is 32.9 Å². The predicted molar refractivity (Wildman–Crippen MR) is 79.2 cm³/mol. The van der Waals surface area contributed by atoms with Gasteiger partial charge in [0.25, 0.3) is 0 Å². The van der Waals surface area contributed by atoms with Crippen LogP contribution in [0, 0.1) is 12.8 Å². The molecule has 1 aromatic heterocycles. The van der Waals surface area contributed by atoms with Gasteiger partial charge in [-0.3, -0.25) is 4.90 Å². The maximum Gasteiger partial charge on any atom is 0.129 e. The van der Waals surface area contributed by atoms with E-state index >= 15 is 0 Å². The van der Waals surface area contributed by atoms with E-state index in [9.17, 15) is 0 Å². The number of hydrogen-bond donors (Lipinski definition) is 0. The van der Waals surface area contributed by atoms with Gasteiger partial charge in [0.2, 0.25) is 0 Å². The van der Waals surface area contributed by atoms with Gasteiger partial charge in [-0.1, -0.05) is 30.3 Å². The van der Waals surface area contributed by atoms with E-state index in [1.807, 2.05) is 13.3 Å². The molecule has 1 aromatic carbocycles. The second-order valence-corrected chi connectivity index (χ2v) is 5.74. The Hall–Kier alpha value is -1.68. The molecule has 0 amide bonds. The number of hydrogen-bond acceptors (Lipinski definition) is 3. The largest absolute Gasteiger partial charge is 0.317 e. The summed E-state index contributed by atoms with van der Waals surface area (Å²) in [7, 11) is 0. The van der Waals surface area contributed by atoms with Crippen LogP contribution in [0.25, 0.3) is 0 Å². The lowest BCUT2D eigenvalue weighted by Crippen LogP contribution is -2.29. The molecule has 0 unspecified atom stereocenters. The van der Waals surface area contributed by atoms with E-state index in [1.54, 1.807) is 0 Å². The van der Waals surface area contributed by atoms with Crippen LogP contribution >= 0.6 is 0 Å². The fraction of sp³-hybridized carbons (Fsp3) is 0.500. The summed E-state index contributed by atoms with van der Waals surface area (Å²) in [6.07, 6.45) is 4.63. The Kier molecular flexibility index (Phi) is 4.11. The van der Waals surface area contributed by atoms with Gasteiger partial charge in [0.1, 0.15) is 12.2 Å². The van der Waals surface area contributed by atoms with Gasteiger partial charge < -0.3 is 4.57 Å². The minimum atomic E-state index is 0.917. The van der Waals surface area contributed by atoms with E-state index in [2.05, 4.69) is 50.0 Å². The SMILES string of the molecule is Cc1nncn1CCN(Cc1ccccc1)CC1CC1. The van der Waals surface area contributed by atoms with Crippen molar-refractivity contribution in [1.29, 1.82) is 0 Å². The molecule has 0 saturated heterocycles. The highest BCUT2D eigenvalue weighted by atomic mass is 15.3. The van der Waals surface area contributed by atoms with Crippen molar-refractivity contribution >= 4 is 0 Å². The first-order valence-electron chi connectivity index (χ1n) is 7.42. The molecule has 1 aliphatic rings. The van der Waals surface area contributed by atoms with E-state index in [0.717, 1.165) is 31.4 Å². The van der Waals surface area contributed by atoms with Crippen molar-refractivity contribution in [2.24, 2.45) is 5.92 Å². The number of nitrogens with zero attached hydrogens (tertiary/aromatic N) is 4. The van der Waals surface area contributed by atoms with E-state index < -0.39 is 0 Å². The minimum Gasteiger partial charge on any atom is -0.317 e. The maximum atomic E-state index is 4.05. The van der Waals surface area contributed by atoms with Crippen LogP contribution in [0.4, 0.5) is 0 Å². The highest BCUT2D eigenvalue weighted by molar-refractivity contribution is 5.14. The van der Waals surface area contributed by atoms with Crippen molar-refractivity contribution in [1.82, 2.24) is 19.7 Å². The summed E-state index contributed by atoms with van der Waals surface area (Å²) in [5.41, 5.74) is 1.40. The summed E-state index contributed by atoms with van der Waals surface area (Å²) in [6.45, 7) is 6.30. The Morgan fingerprint density at radius 2 is 2.05 bits per heavy atom. The maximum absolute atomic E-state index is 4.05. The van der Waals surface area contributed by atoms with Crippen molar-refractivity contribution in [2.75, 3.05) is 13.1 Å². The van der Waals surface area contributed by atoms with Gasteiger partial charge in [-0.25, -0.2) is 0 Å². The highest BCUT2D eigenvalue weighted by Crippen LogP contribution is 2.30. The Morgan fingerprint density at radius 1 is 1.25 bits per heavy atom. The number of benzene rings is 1. The minimum absolute atomic E-state index is 0.917. The molecule has 0 atom stereocenters. The molecule has 106 valence electrons. The Labute approximate surface area is 120 Å². The predicted octanol–water partition coefficient (Wildman–Crippen LogP) is 2.50. The van der Waals surface area contributed by atoms with Crippen molar-refractivity contribution in [3.63, 3.8) is 0 Å². The van der Waals surface area contributed by atoms with Gasteiger partial charge in [0.05, 0.1) is 0 Å². The first kappa shape index (κ1) is 13.3. The Balaban J connectivity index is 1.59. The summed E-state index contributed by atoms with van der Waals surface area (Å²) < 4.78 is 2.13. The van der Waals surface area contributed by atoms with Gasteiger partial charge >= 0.3 is 0 Å². The lowest BCUT2D eigenvalue weighted by Gasteiger charge is -2.22. The first-order valence-corrected chi connectivity index (χ1v) is 7.42. The summed E-state index contributed by atoms with van der Waals surface area (Å²) in [4.78, 5) is 2.56. The molecule has 1 fully saturated rings. The average molecular weight is 270 g/mol. The van der Waals surface area contributed by atoms with Crippen molar-refractivity contribution in [3.8, 4) is 0 Å². The fourth-order valence-electron chi connectivity index (χ4n) is 2.52. The summed E-state index contributed by atoms with van der Waals surface area (Å²) in [5, 5.41) is 8.00. The van der Waals surface area contributed by atoms with Gasteiger partial charge in [-0.15, -0.1) is 10.2 Å².